The van der Waals surface area contributed by atoms with Crippen LogP contribution in [0.15, 0.2) is 16.7 Å². The molecule has 0 radical (unpaired) electrons. The van der Waals surface area contributed by atoms with Crippen molar-refractivity contribution in [3.8, 4) is 0 Å². The molecule has 1 aliphatic carbocycles. The first-order valence-corrected chi connectivity index (χ1v) is 8.04. The molecule has 2 aliphatic rings. The van der Waals surface area contributed by atoms with Gasteiger partial charge in [0, 0.05) is 31.2 Å². The monoisotopic (exact) mass is 292 g/mol. The minimum absolute atomic E-state index is 0.0993. The van der Waals surface area contributed by atoms with Gasteiger partial charge in [0.15, 0.2) is 0 Å². The summed E-state index contributed by atoms with van der Waals surface area (Å²) in [5, 5.41) is 3.53. The summed E-state index contributed by atoms with van der Waals surface area (Å²) in [6.45, 7) is 12.4. The molecule has 3 rings (SSSR count). The third kappa shape index (κ3) is 4.09. The first kappa shape index (κ1) is 15.1. The zero-order valence-electron chi connectivity index (χ0n) is 13.7. The molecular weight excluding hydrogens is 264 g/mol. The summed E-state index contributed by atoms with van der Waals surface area (Å²) in [6.07, 6.45) is 4.43. The van der Waals surface area contributed by atoms with Gasteiger partial charge in [0.05, 0.1) is 24.0 Å². The van der Waals surface area contributed by atoms with Gasteiger partial charge < -0.3 is 14.5 Å². The van der Waals surface area contributed by atoms with E-state index in [4.69, 9.17) is 9.15 Å². The molecule has 0 bridgehead atoms. The molecule has 2 fully saturated rings. The second-order valence-corrected chi connectivity index (χ2v) is 7.79. The molecule has 1 aromatic heterocycles. The quantitative estimate of drug-likeness (QED) is 0.905. The van der Waals surface area contributed by atoms with Crippen molar-refractivity contribution < 1.29 is 9.15 Å². The highest BCUT2D eigenvalue weighted by atomic mass is 16.5. The first-order chi connectivity index (χ1) is 9.83. The van der Waals surface area contributed by atoms with Crippen LogP contribution < -0.4 is 5.32 Å². The molecule has 2 heterocycles. The predicted octanol–water partition coefficient (Wildman–Crippen LogP) is 2.92. The van der Waals surface area contributed by atoms with Crippen molar-refractivity contribution in [1.29, 1.82) is 0 Å². The molecule has 1 saturated heterocycles. The molecule has 1 N–H and O–H groups in total. The van der Waals surface area contributed by atoms with E-state index in [2.05, 4.69) is 44.0 Å². The Kier molecular flexibility index (Phi) is 3.89. The van der Waals surface area contributed by atoms with Gasteiger partial charge in [-0.1, -0.05) is 0 Å². The molecule has 0 aromatic carbocycles. The van der Waals surface area contributed by atoms with E-state index in [1.807, 2.05) is 6.26 Å². The maximum absolute atomic E-state index is 6.15. The molecule has 1 aromatic rings. The average Bonchev–Trinajstić information content (AvgIpc) is 3.04. The highest BCUT2D eigenvalue weighted by Crippen LogP contribution is 2.29. The standard InChI is InChI=1S/C17H28N2O2/c1-16(2)11-19(12-17(3,4)21-16)10-13-7-8-20-15(13)9-18-14-5-6-14/h7-8,14,18H,5-6,9-12H2,1-4H3. The Bertz CT molecular complexity index is 473. The minimum atomic E-state index is -0.0993. The average molecular weight is 292 g/mol. The van der Waals surface area contributed by atoms with Gasteiger partial charge in [-0.2, -0.15) is 0 Å². The van der Waals surface area contributed by atoms with Gasteiger partial charge in [-0.15, -0.1) is 0 Å². The van der Waals surface area contributed by atoms with Crippen molar-refractivity contribution in [1.82, 2.24) is 10.2 Å². The molecule has 0 amide bonds. The molecular formula is C17H28N2O2. The molecule has 4 heteroatoms. The number of hydrogen-bond donors (Lipinski definition) is 1. The number of hydrogen-bond acceptors (Lipinski definition) is 4. The van der Waals surface area contributed by atoms with Gasteiger partial charge in [-0.25, -0.2) is 0 Å². The summed E-state index contributed by atoms with van der Waals surface area (Å²) in [5.74, 6) is 1.09. The number of furan rings is 1. The molecule has 4 nitrogen and oxygen atoms in total. The summed E-state index contributed by atoms with van der Waals surface area (Å²) < 4.78 is 11.8. The number of morpholine rings is 1. The minimum Gasteiger partial charge on any atom is -0.468 e. The summed E-state index contributed by atoms with van der Waals surface area (Å²) in [7, 11) is 0. The number of ether oxygens (including phenoxy) is 1. The van der Waals surface area contributed by atoms with Crippen LogP contribution in [-0.4, -0.2) is 35.2 Å². The van der Waals surface area contributed by atoms with Crippen LogP contribution in [0, 0.1) is 0 Å². The van der Waals surface area contributed by atoms with Crippen LogP contribution in [0.1, 0.15) is 51.9 Å². The molecule has 1 aliphatic heterocycles. The van der Waals surface area contributed by atoms with E-state index in [0.29, 0.717) is 6.04 Å². The summed E-state index contributed by atoms with van der Waals surface area (Å²) in [6, 6.07) is 2.82. The lowest BCUT2D eigenvalue weighted by molar-refractivity contribution is -0.182. The van der Waals surface area contributed by atoms with Crippen LogP contribution in [0.3, 0.4) is 0 Å². The summed E-state index contributed by atoms with van der Waals surface area (Å²) in [5.41, 5.74) is 1.10. The zero-order chi connectivity index (χ0) is 15.1. The topological polar surface area (TPSA) is 37.6 Å². The van der Waals surface area contributed by atoms with Crippen LogP contribution in [0.2, 0.25) is 0 Å². The Morgan fingerprint density at radius 3 is 2.48 bits per heavy atom. The first-order valence-electron chi connectivity index (χ1n) is 8.04. The molecule has 0 unspecified atom stereocenters. The zero-order valence-corrected chi connectivity index (χ0v) is 13.7. The van der Waals surface area contributed by atoms with Crippen molar-refractivity contribution >= 4 is 0 Å². The smallest absolute Gasteiger partial charge is 0.122 e. The number of nitrogens with one attached hydrogen (secondary N) is 1. The third-order valence-electron chi connectivity index (χ3n) is 4.12. The molecule has 21 heavy (non-hydrogen) atoms. The number of nitrogens with zero attached hydrogens (tertiary/aromatic N) is 1. The van der Waals surface area contributed by atoms with E-state index in [-0.39, 0.29) is 11.2 Å². The van der Waals surface area contributed by atoms with Crippen molar-refractivity contribution in [3.63, 3.8) is 0 Å². The van der Waals surface area contributed by atoms with Crippen LogP contribution in [-0.2, 0) is 17.8 Å². The maximum Gasteiger partial charge on any atom is 0.122 e. The fraction of sp³-hybridized carbons (Fsp3) is 0.765. The van der Waals surface area contributed by atoms with Crippen LogP contribution in [0.4, 0.5) is 0 Å². The Balaban J connectivity index is 1.64. The van der Waals surface area contributed by atoms with E-state index in [1.165, 1.54) is 18.4 Å². The SMILES string of the molecule is CC1(C)CN(Cc2ccoc2CNC2CC2)CC(C)(C)O1. The summed E-state index contributed by atoms with van der Waals surface area (Å²) >= 11 is 0. The van der Waals surface area contributed by atoms with Crippen LogP contribution >= 0.6 is 0 Å². The Hall–Kier alpha value is -0.840. The van der Waals surface area contributed by atoms with E-state index in [0.717, 1.165) is 31.9 Å². The normalized spacial score (nSPS) is 25.1. The largest absolute Gasteiger partial charge is 0.468 e. The van der Waals surface area contributed by atoms with Crippen LogP contribution in [0.25, 0.3) is 0 Å². The van der Waals surface area contributed by atoms with Gasteiger partial charge in [-0.05, 0) is 46.6 Å². The van der Waals surface area contributed by atoms with Gasteiger partial charge in [-0.3, -0.25) is 4.90 Å². The fourth-order valence-corrected chi connectivity index (χ4v) is 3.49. The van der Waals surface area contributed by atoms with Crippen molar-refractivity contribution in [2.45, 2.75) is 70.9 Å². The maximum atomic E-state index is 6.15. The van der Waals surface area contributed by atoms with Crippen LogP contribution in [0.5, 0.6) is 0 Å². The lowest BCUT2D eigenvalue weighted by Crippen LogP contribution is -2.56. The Morgan fingerprint density at radius 2 is 1.86 bits per heavy atom. The molecule has 118 valence electrons. The van der Waals surface area contributed by atoms with E-state index in [1.54, 1.807) is 0 Å². The van der Waals surface area contributed by atoms with Gasteiger partial charge in [0.2, 0.25) is 0 Å². The number of rotatable bonds is 5. The molecule has 1 saturated carbocycles. The Labute approximate surface area is 127 Å². The molecule has 0 atom stereocenters. The fourth-order valence-electron chi connectivity index (χ4n) is 3.49. The summed E-state index contributed by atoms with van der Waals surface area (Å²) in [4.78, 5) is 2.48. The van der Waals surface area contributed by atoms with Crippen molar-refractivity contribution in [2.24, 2.45) is 0 Å². The second kappa shape index (κ2) is 5.41. The lowest BCUT2D eigenvalue weighted by atomic mass is 9.98. The van der Waals surface area contributed by atoms with Crippen molar-refractivity contribution in [3.05, 3.63) is 23.7 Å². The second-order valence-electron chi connectivity index (χ2n) is 7.79. The van der Waals surface area contributed by atoms with E-state index in [9.17, 15) is 0 Å². The Morgan fingerprint density at radius 1 is 1.19 bits per heavy atom. The lowest BCUT2D eigenvalue weighted by Gasteiger charge is -2.47. The van der Waals surface area contributed by atoms with Gasteiger partial charge in [0.25, 0.3) is 0 Å². The van der Waals surface area contributed by atoms with E-state index < -0.39 is 0 Å². The van der Waals surface area contributed by atoms with Gasteiger partial charge in [0.1, 0.15) is 5.76 Å². The third-order valence-corrected chi connectivity index (χ3v) is 4.12. The highest BCUT2D eigenvalue weighted by Gasteiger charge is 2.38. The van der Waals surface area contributed by atoms with E-state index >= 15 is 0 Å². The highest BCUT2D eigenvalue weighted by molar-refractivity contribution is 5.17. The molecule has 0 spiro atoms. The van der Waals surface area contributed by atoms with Crippen molar-refractivity contribution in [2.75, 3.05) is 13.1 Å². The predicted molar refractivity (Wildman–Crippen MR) is 83.1 cm³/mol. The van der Waals surface area contributed by atoms with Gasteiger partial charge >= 0.3 is 0 Å².